The number of ether oxygens (including phenoxy) is 2. The minimum atomic E-state index is -0.140. The van der Waals surface area contributed by atoms with Gasteiger partial charge < -0.3 is 14.8 Å². The normalized spacial score (nSPS) is 16.3. The summed E-state index contributed by atoms with van der Waals surface area (Å²) in [6, 6.07) is 0. The molecular weight excluding hydrogens is 326 g/mol. The number of aromatic nitrogens is 2. The Hall–Kier alpha value is -0.920. The molecule has 0 aliphatic carbocycles. The molecule has 0 radical (unpaired) electrons. The van der Waals surface area contributed by atoms with E-state index in [1.807, 2.05) is 0 Å². The van der Waals surface area contributed by atoms with E-state index in [0.717, 1.165) is 38.3 Å². The van der Waals surface area contributed by atoms with Crippen molar-refractivity contribution in [1.82, 2.24) is 9.78 Å². The summed E-state index contributed by atoms with van der Waals surface area (Å²) in [5.74, 6) is 0.589. The molecule has 0 bridgehead atoms. The van der Waals surface area contributed by atoms with Crippen LogP contribution in [0.15, 0.2) is 15.5 Å². The van der Waals surface area contributed by atoms with Crippen LogP contribution in [0.25, 0.3) is 0 Å². The van der Waals surface area contributed by atoms with E-state index < -0.39 is 0 Å². The molecule has 1 aliphatic heterocycles. The summed E-state index contributed by atoms with van der Waals surface area (Å²) in [6.45, 7) is 3.41. The van der Waals surface area contributed by atoms with Crippen LogP contribution in [0.2, 0.25) is 0 Å². The summed E-state index contributed by atoms with van der Waals surface area (Å²) in [4.78, 5) is 12.1. The Bertz CT molecular complexity index is 486. The largest absolute Gasteiger partial charge is 0.383 e. The Morgan fingerprint density at radius 1 is 1.55 bits per heavy atom. The van der Waals surface area contributed by atoms with Crippen LogP contribution in [0, 0.1) is 5.92 Å². The van der Waals surface area contributed by atoms with E-state index in [2.05, 4.69) is 26.3 Å². The molecule has 1 N–H and O–H groups in total. The smallest absolute Gasteiger partial charge is 0.283 e. The lowest BCUT2D eigenvalue weighted by atomic mass is 10.0. The molecule has 112 valence electrons. The van der Waals surface area contributed by atoms with E-state index in [1.54, 1.807) is 13.3 Å². The molecule has 0 amide bonds. The lowest BCUT2D eigenvalue weighted by molar-refractivity contribution is 0.0699. The van der Waals surface area contributed by atoms with Gasteiger partial charge in [0.2, 0.25) is 0 Å². The highest BCUT2D eigenvalue weighted by Gasteiger charge is 2.15. The minimum absolute atomic E-state index is 0.140. The standard InChI is InChI=1S/C13H20BrN3O3/c1-19-7-4-17-13(18)12(14)11(9-16-17)15-8-10-2-5-20-6-3-10/h9-10,15H,2-8H2,1H3. The molecule has 6 nitrogen and oxygen atoms in total. The first kappa shape index (κ1) is 15.5. The van der Waals surface area contributed by atoms with E-state index in [-0.39, 0.29) is 5.56 Å². The number of nitrogens with zero attached hydrogens (tertiary/aromatic N) is 2. The summed E-state index contributed by atoms with van der Waals surface area (Å²) in [7, 11) is 1.60. The second kappa shape index (κ2) is 7.75. The lowest BCUT2D eigenvalue weighted by Crippen LogP contribution is -2.27. The molecule has 0 unspecified atom stereocenters. The molecule has 2 heterocycles. The highest BCUT2D eigenvalue weighted by molar-refractivity contribution is 9.10. The van der Waals surface area contributed by atoms with Crippen LogP contribution in [-0.2, 0) is 16.0 Å². The topological polar surface area (TPSA) is 65.4 Å². The first-order valence-corrected chi connectivity index (χ1v) is 7.58. The average molecular weight is 346 g/mol. The number of halogens is 1. The Morgan fingerprint density at radius 3 is 3.00 bits per heavy atom. The third kappa shape index (κ3) is 4.04. The fourth-order valence-electron chi connectivity index (χ4n) is 2.13. The fraction of sp³-hybridized carbons (Fsp3) is 0.692. The summed E-state index contributed by atoms with van der Waals surface area (Å²) in [5.41, 5.74) is 0.606. The molecule has 0 atom stereocenters. The number of hydrogen-bond donors (Lipinski definition) is 1. The van der Waals surface area contributed by atoms with Gasteiger partial charge in [-0.1, -0.05) is 0 Å². The van der Waals surface area contributed by atoms with Gasteiger partial charge in [0.15, 0.2) is 0 Å². The molecule has 0 aromatic carbocycles. The maximum atomic E-state index is 12.1. The average Bonchev–Trinajstić information content (AvgIpc) is 2.49. The van der Waals surface area contributed by atoms with Crippen molar-refractivity contribution < 1.29 is 9.47 Å². The maximum absolute atomic E-state index is 12.1. The predicted octanol–water partition coefficient (Wildman–Crippen LogP) is 1.49. The highest BCUT2D eigenvalue weighted by Crippen LogP contribution is 2.19. The Balaban J connectivity index is 1.97. The van der Waals surface area contributed by atoms with Crippen LogP contribution in [0.5, 0.6) is 0 Å². The molecule has 20 heavy (non-hydrogen) atoms. The van der Waals surface area contributed by atoms with Gasteiger partial charge in [-0.3, -0.25) is 4.79 Å². The monoisotopic (exact) mass is 345 g/mol. The van der Waals surface area contributed by atoms with Crippen molar-refractivity contribution in [1.29, 1.82) is 0 Å². The van der Waals surface area contributed by atoms with Gasteiger partial charge >= 0.3 is 0 Å². The fourth-order valence-corrected chi connectivity index (χ4v) is 2.58. The highest BCUT2D eigenvalue weighted by atomic mass is 79.9. The van der Waals surface area contributed by atoms with E-state index >= 15 is 0 Å². The van der Waals surface area contributed by atoms with Crippen molar-refractivity contribution >= 4 is 21.6 Å². The lowest BCUT2D eigenvalue weighted by Gasteiger charge is -2.22. The van der Waals surface area contributed by atoms with Gasteiger partial charge in [-0.05, 0) is 34.7 Å². The molecule has 0 saturated carbocycles. The Labute approximate surface area is 126 Å². The Kier molecular flexibility index (Phi) is 6.00. The van der Waals surface area contributed by atoms with Crippen LogP contribution < -0.4 is 10.9 Å². The van der Waals surface area contributed by atoms with E-state index in [1.165, 1.54) is 4.68 Å². The molecule has 1 fully saturated rings. The first-order chi connectivity index (χ1) is 9.72. The van der Waals surface area contributed by atoms with Gasteiger partial charge in [-0.2, -0.15) is 5.10 Å². The Morgan fingerprint density at radius 2 is 2.30 bits per heavy atom. The summed E-state index contributed by atoms with van der Waals surface area (Å²) in [6.07, 6.45) is 3.80. The van der Waals surface area contributed by atoms with Gasteiger partial charge in [0.1, 0.15) is 4.47 Å². The summed E-state index contributed by atoms with van der Waals surface area (Å²) in [5, 5.41) is 7.44. The SMILES string of the molecule is COCCn1ncc(NCC2CCOCC2)c(Br)c1=O. The van der Waals surface area contributed by atoms with Crippen LogP contribution in [0.4, 0.5) is 5.69 Å². The molecular formula is C13H20BrN3O3. The van der Waals surface area contributed by atoms with Gasteiger partial charge in [-0.25, -0.2) is 4.68 Å². The molecule has 1 aliphatic rings. The van der Waals surface area contributed by atoms with E-state index in [0.29, 0.717) is 23.5 Å². The van der Waals surface area contributed by atoms with Gasteiger partial charge in [0.05, 0.1) is 25.0 Å². The molecule has 2 rings (SSSR count). The molecule has 1 saturated heterocycles. The van der Waals surface area contributed by atoms with Crippen molar-refractivity contribution in [3.8, 4) is 0 Å². The zero-order valence-electron chi connectivity index (χ0n) is 11.6. The number of anilines is 1. The van der Waals surface area contributed by atoms with Crippen molar-refractivity contribution in [2.45, 2.75) is 19.4 Å². The number of hydrogen-bond acceptors (Lipinski definition) is 5. The third-order valence-corrected chi connectivity index (χ3v) is 4.18. The van der Waals surface area contributed by atoms with Crippen molar-refractivity contribution in [3.05, 3.63) is 21.0 Å². The minimum Gasteiger partial charge on any atom is -0.383 e. The van der Waals surface area contributed by atoms with Crippen LogP contribution in [0.1, 0.15) is 12.8 Å². The van der Waals surface area contributed by atoms with E-state index in [4.69, 9.17) is 9.47 Å². The molecule has 7 heteroatoms. The predicted molar refractivity (Wildman–Crippen MR) is 80.1 cm³/mol. The van der Waals surface area contributed by atoms with Crippen LogP contribution >= 0.6 is 15.9 Å². The van der Waals surface area contributed by atoms with Gasteiger partial charge in [-0.15, -0.1) is 0 Å². The van der Waals surface area contributed by atoms with E-state index in [9.17, 15) is 4.79 Å². The molecule has 1 aromatic heterocycles. The van der Waals surface area contributed by atoms with Crippen molar-refractivity contribution in [2.75, 3.05) is 38.8 Å². The second-order valence-electron chi connectivity index (χ2n) is 4.83. The number of methoxy groups -OCH3 is 1. The molecule has 1 aromatic rings. The zero-order valence-corrected chi connectivity index (χ0v) is 13.2. The third-order valence-electron chi connectivity index (χ3n) is 3.41. The summed E-state index contributed by atoms with van der Waals surface area (Å²) >= 11 is 3.35. The molecule has 0 spiro atoms. The zero-order chi connectivity index (χ0) is 14.4. The maximum Gasteiger partial charge on any atom is 0.283 e. The van der Waals surface area contributed by atoms with Gasteiger partial charge in [0, 0.05) is 26.9 Å². The van der Waals surface area contributed by atoms with Crippen molar-refractivity contribution in [3.63, 3.8) is 0 Å². The number of nitrogens with one attached hydrogen (secondary N) is 1. The summed E-state index contributed by atoms with van der Waals surface area (Å²) < 4.78 is 12.2. The quantitative estimate of drug-likeness (QED) is 0.846. The van der Waals surface area contributed by atoms with Crippen molar-refractivity contribution in [2.24, 2.45) is 5.92 Å². The first-order valence-electron chi connectivity index (χ1n) is 6.78. The van der Waals surface area contributed by atoms with Crippen LogP contribution in [0.3, 0.4) is 0 Å². The second-order valence-corrected chi connectivity index (χ2v) is 5.62. The number of rotatable bonds is 6. The van der Waals surface area contributed by atoms with Gasteiger partial charge in [0.25, 0.3) is 5.56 Å². The van der Waals surface area contributed by atoms with Crippen LogP contribution in [-0.4, -0.2) is 43.3 Å².